The van der Waals surface area contributed by atoms with Gasteiger partial charge >= 0.3 is 5.97 Å². The van der Waals surface area contributed by atoms with Gasteiger partial charge in [-0.1, -0.05) is 11.8 Å². The van der Waals surface area contributed by atoms with Crippen LogP contribution in [0.15, 0.2) is 45.6 Å². The number of hydrogen-bond acceptors (Lipinski definition) is 9. The van der Waals surface area contributed by atoms with Gasteiger partial charge in [0.15, 0.2) is 5.17 Å². The minimum Gasteiger partial charge on any atom is -0.497 e. The predicted octanol–water partition coefficient (Wildman–Crippen LogP) is 3.09. The summed E-state index contributed by atoms with van der Waals surface area (Å²) in [5, 5.41) is 2.64. The number of aliphatic imine (C=N–C) groups is 1. The number of methoxy groups -OCH3 is 2. The molecule has 0 radical (unpaired) electrons. The highest BCUT2D eigenvalue weighted by Crippen LogP contribution is 2.46. The number of allylic oxidation sites excluding steroid dienone is 1. The number of amides is 1. The smallest absolute Gasteiger partial charge is 0.338 e. The fourth-order valence-electron chi connectivity index (χ4n) is 4.22. The molecule has 1 aromatic carbocycles. The third-order valence-corrected chi connectivity index (χ3v) is 6.77. The van der Waals surface area contributed by atoms with Crippen LogP contribution in [-0.2, 0) is 19.1 Å². The Hall–Kier alpha value is -2.98. The van der Waals surface area contributed by atoms with Crippen molar-refractivity contribution in [1.82, 2.24) is 9.80 Å². The second-order valence-electron chi connectivity index (χ2n) is 7.93. The van der Waals surface area contributed by atoms with Crippen LogP contribution in [0.1, 0.15) is 31.9 Å². The molecule has 3 heterocycles. The zero-order chi connectivity index (χ0) is 24.2. The fourth-order valence-corrected chi connectivity index (χ4v) is 5.19. The van der Waals surface area contributed by atoms with Crippen LogP contribution >= 0.6 is 11.8 Å². The van der Waals surface area contributed by atoms with E-state index in [4.69, 9.17) is 18.9 Å². The van der Waals surface area contributed by atoms with E-state index in [2.05, 4.69) is 4.99 Å². The molecule has 0 unspecified atom stereocenters. The Bertz CT molecular complexity index is 1040. The number of esters is 1. The summed E-state index contributed by atoms with van der Waals surface area (Å²) < 4.78 is 21.8. The molecule has 182 valence electrons. The Morgan fingerprint density at radius 2 is 1.82 bits per heavy atom. The van der Waals surface area contributed by atoms with E-state index in [0.717, 1.165) is 11.3 Å². The van der Waals surface area contributed by atoms with Crippen molar-refractivity contribution < 1.29 is 28.5 Å². The molecule has 0 spiro atoms. The summed E-state index contributed by atoms with van der Waals surface area (Å²) in [5.41, 5.74) is 2.56. The van der Waals surface area contributed by atoms with Crippen molar-refractivity contribution in [3.8, 4) is 11.5 Å². The van der Waals surface area contributed by atoms with Gasteiger partial charge in [0, 0.05) is 24.9 Å². The molecule has 34 heavy (non-hydrogen) atoms. The van der Waals surface area contributed by atoms with Gasteiger partial charge in [0.1, 0.15) is 11.5 Å². The van der Waals surface area contributed by atoms with Crippen LogP contribution in [0.25, 0.3) is 0 Å². The molecule has 10 heteroatoms. The average molecular weight is 488 g/mol. The molecule has 1 amide bonds. The summed E-state index contributed by atoms with van der Waals surface area (Å²) in [5.74, 6) is 0.773. The standard InChI is InChI=1S/C24H29N3O6S/c1-5-33-23(29)21-15(2)25-24-27(22(21)16-10-18(30-3)13-19(11-16)31-4)17(14-34-24)12-20(28)26-6-8-32-9-7-26/h10-11,13-14,22H,5-9,12H2,1-4H3/t22-/m0/s1. The molecular weight excluding hydrogens is 458 g/mol. The molecule has 3 aliphatic rings. The normalized spacial score (nSPS) is 19.9. The van der Waals surface area contributed by atoms with Crippen LogP contribution in [0.5, 0.6) is 11.5 Å². The van der Waals surface area contributed by atoms with Gasteiger partial charge in [0.05, 0.1) is 57.8 Å². The first-order chi connectivity index (χ1) is 16.5. The van der Waals surface area contributed by atoms with Crippen molar-refractivity contribution in [2.75, 3.05) is 47.1 Å². The average Bonchev–Trinajstić information content (AvgIpc) is 3.25. The Balaban J connectivity index is 1.75. The SMILES string of the molecule is CCOC(=O)C1=C(C)N=C2SC=C(CC(=O)N3CCOCC3)N2[C@H]1c1cc(OC)cc(OC)c1. The number of benzene rings is 1. The molecule has 1 saturated heterocycles. The lowest BCUT2D eigenvalue weighted by atomic mass is 9.93. The lowest BCUT2D eigenvalue weighted by Gasteiger charge is -2.37. The number of thioether (sulfide) groups is 1. The van der Waals surface area contributed by atoms with E-state index in [9.17, 15) is 9.59 Å². The number of carbonyl (C=O) groups excluding carboxylic acids is 2. The van der Waals surface area contributed by atoms with E-state index in [-0.39, 0.29) is 18.9 Å². The van der Waals surface area contributed by atoms with Gasteiger partial charge < -0.3 is 28.7 Å². The van der Waals surface area contributed by atoms with E-state index in [1.807, 2.05) is 27.3 Å². The van der Waals surface area contributed by atoms with E-state index in [0.29, 0.717) is 54.2 Å². The third kappa shape index (κ3) is 4.78. The summed E-state index contributed by atoms with van der Waals surface area (Å²) in [6.07, 6.45) is 0.193. The van der Waals surface area contributed by atoms with Crippen LogP contribution in [-0.4, -0.2) is 74.0 Å². The molecule has 0 aliphatic carbocycles. The molecular formula is C24H29N3O6S. The van der Waals surface area contributed by atoms with E-state index in [1.165, 1.54) is 11.8 Å². The van der Waals surface area contributed by atoms with Gasteiger partial charge in [-0.15, -0.1) is 0 Å². The number of fused-ring (bicyclic) bond motifs is 1. The van der Waals surface area contributed by atoms with Gasteiger partial charge in [-0.05, 0) is 37.0 Å². The van der Waals surface area contributed by atoms with Gasteiger partial charge in [0.2, 0.25) is 5.91 Å². The van der Waals surface area contributed by atoms with Crippen LogP contribution in [0, 0.1) is 0 Å². The van der Waals surface area contributed by atoms with E-state index >= 15 is 0 Å². The lowest BCUT2D eigenvalue weighted by Crippen LogP contribution is -2.42. The zero-order valence-corrected chi connectivity index (χ0v) is 20.6. The van der Waals surface area contributed by atoms with Crippen molar-refractivity contribution in [3.05, 3.63) is 46.1 Å². The summed E-state index contributed by atoms with van der Waals surface area (Å²) in [7, 11) is 3.16. The topological polar surface area (TPSA) is 89.9 Å². The highest BCUT2D eigenvalue weighted by molar-refractivity contribution is 8.16. The molecule has 0 saturated carbocycles. The summed E-state index contributed by atoms with van der Waals surface area (Å²) in [6.45, 7) is 6.04. The Labute approximate surface area is 203 Å². The predicted molar refractivity (Wildman–Crippen MR) is 129 cm³/mol. The number of rotatable bonds is 7. The van der Waals surface area contributed by atoms with Crippen molar-refractivity contribution >= 4 is 28.8 Å². The first-order valence-corrected chi connectivity index (χ1v) is 12.0. The molecule has 1 aromatic rings. The maximum absolute atomic E-state index is 13.1. The molecule has 0 bridgehead atoms. The van der Waals surface area contributed by atoms with Gasteiger partial charge in [-0.3, -0.25) is 4.79 Å². The number of amidine groups is 1. The lowest BCUT2D eigenvalue weighted by molar-refractivity contribution is -0.139. The van der Waals surface area contributed by atoms with Gasteiger partial charge in [-0.2, -0.15) is 0 Å². The van der Waals surface area contributed by atoms with Crippen LogP contribution in [0.3, 0.4) is 0 Å². The molecule has 3 aliphatic heterocycles. The van der Waals surface area contributed by atoms with Crippen LogP contribution in [0.2, 0.25) is 0 Å². The first kappa shape index (κ1) is 24.2. The fraction of sp³-hybridized carbons (Fsp3) is 0.458. The van der Waals surface area contributed by atoms with Crippen molar-refractivity contribution in [3.63, 3.8) is 0 Å². The monoisotopic (exact) mass is 487 g/mol. The van der Waals surface area contributed by atoms with Gasteiger partial charge in [0.25, 0.3) is 0 Å². The quantitative estimate of drug-likeness (QED) is 0.542. The minimum atomic E-state index is -0.547. The molecule has 0 N–H and O–H groups in total. The molecule has 4 rings (SSSR count). The number of carbonyl (C=O) groups is 2. The highest BCUT2D eigenvalue weighted by atomic mass is 32.2. The zero-order valence-electron chi connectivity index (χ0n) is 19.8. The highest BCUT2D eigenvalue weighted by Gasteiger charge is 2.41. The maximum atomic E-state index is 13.1. The second-order valence-corrected chi connectivity index (χ2v) is 8.77. The number of ether oxygens (including phenoxy) is 4. The van der Waals surface area contributed by atoms with Gasteiger partial charge in [-0.25, -0.2) is 9.79 Å². The number of morpholine rings is 1. The Morgan fingerprint density at radius 3 is 2.44 bits per heavy atom. The minimum absolute atomic E-state index is 0.0160. The molecule has 9 nitrogen and oxygen atoms in total. The van der Waals surface area contributed by atoms with Crippen molar-refractivity contribution in [1.29, 1.82) is 0 Å². The second kappa shape index (κ2) is 10.5. The maximum Gasteiger partial charge on any atom is 0.338 e. The van der Waals surface area contributed by atoms with Crippen molar-refractivity contribution in [2.24, 2.45) is 4.99 Å². The largest absolute Gasteiger partial charge is 0.497 e. The third-order valence-electron chi connectivity index (χ3n) is 5.88. The van der Waals surface area contributed by atoms with Crippen LogP contribution < -0.4 is 9.47 Å². The molecule has 0 aromatic heterocycles. The Morgan fingerprint density at radius 1 is 1.15 bits per heavy atom. The van der Waals surface area contributed by atoms with E-state index < -0.39 is 12.0 Å². The summed E-state index contributed by atoms with van der Waals surface area (Å²) in [4.78, 5) is 34.6. The summed E-state index contributed by atoms with van der Waals surface area (Å²) in [6, 6.07) is 4.97. The molecule has 1 fully saturated rings. The van der Waals surface area contributed by atoms with E-state index in [1.54, 1.807) is 34.1 Å². The summed E-state index contributed by atoms with van der Waals surface area (Å²) >= 11 is 1.44. The van der Waals surface area contributed by atoms with Crippen molar-refractivity contribution in [2.45, 2.75) is 26.3 Å². The van der Waals surface area contributed by atoms with Crippen LogP contribution in [0.4, 0.5) is 0 Å². The first-order valence-electron chi connectivity index (χ1n) is 11.2. The number of nitrogens with zero attached hydrogens (tertiary/aromatic N) is 3. The Kier molecular flexibility index (Phi) is 7.47. The molecule has 1 atom stereocenters. The number of hydrogen-bond donors (Lipinski definition) is 0.